The molecule has 3 aromatic rings. The number of rotatable bonds is 1. The molecule has 0 saturated carbocycles. The first-order valence-corrected chi connectivity index (χ1v) is 5.89. The molecule has 0 fully saturated rings. The van der Waals surface area contributed by atoms with Gasteiger partial charge in [0, 0.05) is 6.07 Å². The summed E-state index contributed by atoms with van der Waals surface area (Å²) in [5, 5.41) is 4.01. The SMILES string of the molecule is O=c1ccc2ccccc2n1-c1cccs1. The van der Waals surface area contributed by atoms with Crippen molar-refractivity contribution in [1.82, 2.24) is 4.57 Å². The number of para-hydroxylation sites is 1. The first-order chi connectivity index (χ1) is 7.86. The highest BCUT2D eigenvalue weighted by Gasteiger charge is 2.04. The van der Waals surface area contributed by atoms with Gasteiger partial charge in [-0.3, -0.25) is 9.36 Å². The van der Waals surface area contributed by atoms with Crippen LogP contribution in [0.3, 0.4) is 0 Å². The van der Waals surface area contributed by atoms with Gasteiger partial charge in [0.1, 0.15) is 5.00 Å². The molecule has 16 heavy (non-hydrogen) atoms. The smallest absolute Gasteiger partial charge is 0.256 e. The van der Waals surface area contributed by atoms with Crippen LogP contribution in [-0.4, -0.2) is 4.57 Å². The van der Waals surface area contributed by atoms with Crippen LogP contribution in [0, 0.1) is 0 Å². The van der Waals surface area contributed by atoms with E-state index in [0.29, 0.717) is 0 Å². The van der Waals surface area contributed by atoms with Crippen molar-refractivity contribution in [2.45, 2.75) is 0 Å². The van der Waals surface area contributed by atoms with Crippen molar-refractivity contribution in [2.75, 3.05) is 0 Å². The predicted molar refractivity (Wildman–Crippen MR) is 67.4 cm³/mol. The van der Waals surface area contributed by atoms with Gasteiger partial charge in [-0.05, 0) is 35.0 Å². The molecule has 2 aromatic heterocycles. The predicted octanol–water partition coefficient (Wildman–Crippen LogP) is 3.05. The molecule has 0 radical (unpaired) electrons. The maximum atomic E-state index is 11.9. The van der Waals surface area contributed by atoms with Gasteiger partial charge in [0.25, 0.3) is 5.56 Å². The Balaban J connectivity index is 2.47. The molecule has 0 bridgehead atoms. The van der Waals surface area contributed by atoms with E-state index >= 15 is 0 Å². The van der Waals surface area contributed by atoms with Gasteiger partial charge < -0.3 is 0 Å². The quantitative estimate of drug-likeness (QED) is 0.626. The van der Waals surface area contributed by atoms with Crippen LogP contribution in [0.1, 0.15) is 0 Å². The number of pyridine rings is 1. The lowest BCUT2D eigenvalue weighted by atomic mass is 10.2. The molecular weight excluding hydrogens is 218 g/mol. The summed E-state index contributed by atoms with van der Waals surface area (Å²) in [5.74, 6) is 0. The second-order valence-corrected chi connectivity index (χ2v) is 4.44. The summed E-state index contributed by atoms with van der Waals surface area (Å²) in [5.41, 5.74) is 0.971. The van der Waals surface area contributed by atoms with Gasteiger partial charge in [-0.15, -0.1) is 11.3 Å². The molecule has 0 amide bonds. The van der Waals surface area contributed by atoms with Crippen molar-refractivity contribution in [1.29, 1.82) is 0 Å². The first kappa shape index (κ1) is 9.36. The number of fused-ring (bicyclic) bond motifs is 1. The van der Waals surface area contributed by atoms with Crippen molar-refractivity contribution >= 4 is 22.2 Å². The minimum absolute atomic E-state index is 0.0150. The summed E-state index contributed by atoms with van der Waals surface area (Å²) in [6.07, 6.45) is 0. The minimum atomic E-state index is 0.0150. The van der Waals surface area contributed by atoms with Crippen LogP contribution in [0.25, 0.3) is 15.9 Å². The molecule has 0 spiro atoms. The van der Waals surface area contributed by atoms with Crippen LogP contribution in [0.4, 0.5) is 0 Å². The Labute approximate surface area is 96.4 Å². The monoisotopic (exact) mass is 227 g/mol. The summed E-state index contributed by atoms with van der Waals surface area (Å²) in [6, 6.07) is 15.3. The zero-order valence-corrected chi connectivity index (χ0v) is 9.28. The van der Waals surface area contributed by atoms with E-state index in [4.69, 9.17) is 0 Å². The Bertz CT molecular complexity index is 682. The van der Waals surface area contributed by atoms with E-state index in [1.165, 1.54) is 0 Å². The van der Waals surface area contributed by atoms with Crippen LogP contribution >= 0.6 is 11.3 Å². The maximum absolute atomic E-state index is 11.9. The van der Waals surface area contributed by atoms with Gasteiger partial charge in [-0.1, -0.05) is 18.2 Å². The number of aromatic nitrogens is 1. The molecule has 3 heteroatoms. The fraction of sp³-hybridized carbons (Fsp3) is 0. The zero-order valence-electron chi connectivity index (χ0n) is 8.46. The molecule has 0 saturated heterocycles. The Hall–Kier alpha value is -1.87. The lowest BCUT2D eigenvalue weighted by molar-refractivity contribution is 1.07. The molecular formula is C13H9NOS. The van der Waals surface area contributed by atoms with Crippen molar-refractivity contribution in [3.63, 3.8) is 0 Å². The van der Waals surface area contributed by atoms with Crippen molar-refractivity contribution in [2.24, 2.45) is 0 Å². The van der Waals surface area contributed by atoms with Gasteiger partial charge in [-0.25, -0.2) is 0 Å². The van der Waals surface area contributed by atoms with Crippen LogP contribution in [0.2, 0.25) is 0 Å². The van der Waals surface area contributed by atoms with E-state index in [0.717, 1.165) is 15.9 Å². The average Bonchev–Trinajstić information content (AvgIpc) is 2.82. The zero-order chi connectivity index (χ0) is 11.0. The Morgan fingerprint density at radius 2 is 1.81 bits per heavy atom. The van der Waals surface area contributed by atoms with Gasteiger partial charge >= 0.3 is 0 Å². The fourth-order valence-electron chi connectivity index (χ4n) is 1.81. The summed E-state index contributed by atoms with van der Waals surface area (Å²) in [6.45, 7) is 0. The fourth-order valence-corrected chi connectivity index (χ4v) is 2.56. The number of hydrogen-bond acceptors (Lipinski definition) is 2. The lowest BCUT2D eigenvalue weighted by Gasteiger charge is -2.06. The topological polar surface area (TPSA) is 22.0 Å². The molecule has 0 N–H and O–H groups in total. The summed E-state index contributed by atoms with van der Waals surface area (Å²) < 4.78 is 1.75. The van der Waals surface area contributed by atoms with Crippen LogP contribution in [-0.2, 0) is 0 Å². The van der Waals surface area contributed by atoms with E-state index in [1.807, 2.05) is 47.8 Å². The molecule has 2 nitrogen and oxygen atoms in total. The Morgan fingerprint density at radius 1 is 0.938 bits per heavy atom. The summed E-state index contributed by atoms with van der Waals surface area (Å²) >= 11 is 1.57. The van der Waals surface area contributed by atoms with E-state index in [1.54, 1.807) is 22.0 Å². The van der Waals surface area contributed by atoms with E-state index < -0.39 is 0 Å². The number of nitrogens with zero attached hydrogens (tertiary/aromatic N) is 1. The third-order valence-corrected chi connectivity index (χ3v) is 3.38. The standard InChI is InChI=1S/C13H9NOS/c15-12-8-7-10-4-1-2-5-11(10)14(12)13-6-3-9-16-13/h1-9H. The molecule has 78 valence electrons. The normalized spacial score (nSPS) is 10.8. The van der Waals surface area contributed by atoms with Gasteiger partial charge in [0.15, 0.2) is 0 Å². The third kappa shape index (κ3) is 1.37. The molecule has 3 rings (SSSR count). The molecule has 0 unspecified atom stereocenters. The molecule has 1 aromatic carbocycles. The number of hydrogen-bond donors (Lipinski definition) is 0. The highest BCUT2D eigenvalue weighted by atomic mass is 32.1. The first-order valence-electron chi connectivity index (χ1n) is 5.01. The largest absolute Gasteiger partial charge is 0.269 e. The second-order valence-electron chi connectivity index (χ2n) is 3.52. The second kappa shape index (κ2) is 3.61. The number of benzene rings is 1. The Kier molecular flexibility index (Phi) is 2.11. The molecule has 2 heterocycles. The van der Waals surface area contributed by atoms with Crippen LogP contribution < -0.4 is 5.56 Å². The minimum Gasteiger partial charge on any atom is -0.269 e. The third-order valence-electron chi connectivity index (χ3n) is 2.53. The van der Waals surface area contributed by atoms with Crippen LogP contribution in [0.5, 0.6) is 0 Å². The lowest BCUT2D eigenvalue weighted by Crippen LogP contribution is -2.15. The average molecular weight is 227 g/mol. The van der Waals surface area contributed by atoms with Crippen molar-refractivity contribution in [3.05, 3.63) is 64.3 Å². The highest BCUT2D eigenvalue weighted by molar-refractivity contribution is 7.12. The molecule has 0 atom stereocenters. The maximum Gasteiger partial charge on any atom is 0.256 e. The van der Waals surface area contributed by atoms with Crippen molar-refractivity contribution in [3.8, 4) is 5.00 Å². The summed E-state index contributed by atoms with van der Waals surface area (Å²) in [7, 11) is 0. The van der Waals surface area contributed by atoms with Gasteiger partial charge in [-0.2, -0.15) is 0 Å². The van der Waals surface area contributed by atoms with E-state index in [9.17, 15) is 4.79 Å². The summed E-state index contributed by atoms with van der Waals surface area (Å²) in [4.78, 5) is 11.9. The van der Waals surface area contributed by atoms with Gasteiger partial charge in [0.2, 0.25) is 0 Å². The molecule has 0 aliphatic rings. The van der Waals surface area contributed by atoms with Crippen molar-refractivity contribution < 1.29 is 0 Å². The molecule has 0 aliphatic carbocycles. The highest BCUT2D eigenvalue weighted by Crippen LogP contribution is 2.19. The van der Waals surface area contributed by atoms with E-state index in [-0.39, 0.29) is 5.56 Å². The number of thiophene rings is 1. The van der Waals surface area contributed by atoms with E-state index in [2.05, 4.69) is 0 Å². The Morgan fingerprint density at radius 3 is 2.62 bits per heavy atom. The van der Waals surface area contributed by atoms with Crippen LogP contribution in [0.15, 0.2) is 58.7 Å². The van der Waals surface area contributed by atoms with Gasteiger partial charge in [0.05, 0.1) is 5.52 Å². The molecule has 0 aliphatic heterocycles.